The highest BCUT2D eigenvalue weighted by Gasteiger charge is 2.27. The summed E-state index contributed by atoms with van der Waals surface area (Å²) < 4.78 is 5.10. The van der Waals surface area contributed by atoms with Gasteiger partial charge in [0.2, 0.25) is 0 Å². The van der Waals surface area contributed by atoms with Crippen LogP contribution >= 0.6 is 0 Å². The summed E-state index contributed by atoms with van der Waals surface area (Å²) in [4.78, 5) is 11.5. The predicted molar refractivity (Wildman–Crippen MR) is 50.2 cm³/mol. The van der Waals surface area contributed by atoms with E-state index in [-0.39, 0.29) is 5.78 Å². The fourth-order valence-electron chi connectivity index (χ4n) is 0.820. The van der Waals surface area contributed by atoms with Crippen LogP contribution < -0.4 is 0 Å². The number of methoxy groups -OCH3 is 1. The van der Waals surface area contributed by atoms with Gasteiger partial charge in [-0.05, 0) is 19.8 Å². The van der Waals surface area contributed by atoms with Gasteiger partial charge in [0.1, 0.15) is 5.60 Å². The Labute approximate surface area is 75.3 Å². The average Bonchev–Trinajstić information content (AvgIpc) is 2.04. The zero-order chi connectivity index (χ0) is 9.78. The minimum absolute atomic E-state index is 0.194. The quantitative estimate of drug-likeness (QED) is 0.636. The first-order valence-corrected chi connectivity index (χ1v) is 4.52. The Hall–Kier alpha value is -0.370. The van der Waals surface area contributed by atoms with Crippen LogP contribution in [0.1, 0.15) is 40.5 Å². The molecule has 0 amide bonds. The Morgan fingerprint density at radius 1 is 1.50 bits per heavy atom. The molecule has 0 aromatic heterocycles. The van der Waals surface area contributed by atoms with Crippen molar-refractivity contribution in [3.63, 3.8) is 0 Å². The highest BCUT2D eigenvalue weighted by molar-refractivity contribution is 5.86. The van der Waals surface area contributed by atoms with Crippen molar-refractivity contribution in [1.82, 2.24) is 0 Å². The average molecular weight is 172 g/mol. The van der Waals surface area contributed by atoms with E-state index in [0.29, 0.717) is 12.3 Å². The van der Waals surface area contributed by atoms with Gasteiger partial charge in [-0.15, -0.1) is 0 Å². The lowest BCUT2D eigenvalue weighted by Crippen LogP contribution is -2.34. The van der Waals surface area contributed by atoms with E-state index in [9.17, 15) is 4.79 Å². The second-order valence-electron chi connectivity index (χ2n) is 3.86. The largest absolute Gasteiger partial charge is 0.371 e. The van der Waals surface area contributed by atoms with Gasteiger partial charge >= 0.3 is 0 Å². The van der Waals surface area contributed by atoms with Crippen LogP contribution in [0.25, 0.3) is 0 Å². The molecular weight excluding hydrogens is 152 g/mol. The molecule has 0 aromatic rings. The number of rotatable bonds is 5. The number of ether oxygens (including phenoxy) is 1. The van der Waals surface area contributed by atoms with Crippen molar-refractivity contribution in [1.29, 1.82) is 0 Å². The summed E-state index contributed by atoms with van der Waals surface area (Å²) in [5.74, 6) is 0.659. The van der Waals surface area contributed by atoms with Crippen molar-refractivity contribution in [3.8, 4) is 0 Å². The Balaban J connectivity index is 4.03. The topological polar surface area (TPSA) is 26.3 Å². The first kappa shape index (κ1) is 11.6. The normalized spacial score (nSPS) is 14.4. The molecule has 0 rings (SSSR count). The van der Waals surface area contributed by atoms with Gasteiger partial charge in [-0.2, -0.15) is 0 Å². The molecule has 0 radical (unpaired) electrons. The molecule has 0 bridgehead atoms. The smallest absolute Gasteiger partial charge is 0.164 e. The van der Waals surface area contributed by atoms with E-state index in [0.717, 1.165) is 6.42 Å². The summed E-state index contributed by atoms with van der Waals surface area (Å²) in [6.45, 7) is 7.82. The molecule has 0 aromatic carbocycles. The standard InChI is InChI=1S/C10H20O2/c1-6-8(2)7-9(11)10(3,4)12-5/h8H,6-7H2,1-5H3. The van der Waals surface area contributed by atoms with Crippen LogP contribution in [0.2, 0.25) is 0 Å². The van der Waals surface area contributed by atoms with Crippen molar-refractivity contribution < 1.29 is 9.53 Å². The Morgan fingerprint density at radius 2 is 2.00 bits per heavy atom. The van der Waals surface area contributed by atoms with Crippen LogP contribution in [-0.4, -0.2) is 18.5 Å². The molecule has 12 heavy (non-hydrogen) atoms. The molecule has 0 spiro atoms. The maximum absolute atomic E-state index is 11.5. The van der Waals surface area contributed by atoms with Crippen molar-refractivity contribution in [3.05, 3.63) is 0 Å². The fourth-order valence-corrected chi connectivity index (χ4v) is 0.820. The molecule has 72 valence electrons. The van der Waals surface area contributed by atoms with Gasteiger partial charge in [0, 0.05) is 13.5 Å². The highest BCUT2D eigenvalue weighted by atomic mass is 16.5. The van der Waals surface area contributed by atoms with Gasteiger partial charge in [-0.25, -0.2) is 0 Å². The summed E-state index contributed by atoms with van der Waals surface area (Å²) in [7, 11) is 1.58. The fraction of sp³-hybridized carbons (Fsp3) is 0.900. The van der Waals surface area contributed by atoms with Gasteiger partial charge in [-0.3, -0.25) is 4.79 Å². The number of hydrogen-bond donors (Lipinski definition) is 0. The summed E-state index contributed by atoms with van der Waals surface area (Å²) in [5.41, 5.74) is -0.608. The molecule has 0 aliphatic rings. The van der Waals surface area contributed by atoms with E-state index >= 15 is 0 Å². The summed E-state index contributed by atoms with van der Waals surface area (Å²) in [6.07, 6.45) is 1.67. The highest BCUT2D eigenvalue weighted by Crippen LogP contribution is 2.16. The first-order valence-electron chi connectivity index (χ1n) is 4.52. The molecule has 0 fully saturated rings. The lowest BCUT2D eigenvalue weighted by molar-refractivity contribution is -0.138. The SMILES string of the molecule is CCC(C)CC(=O)C(C)(C)OC. The third kappa shape index (κ3) is 3.35. The van der Waals surface area contributed by atoms with Crippen LogP contribution in [0.15, 0.2) is 0 Å². The molecule has 2 nitrogen and oxygen atoms in total. The van der Waals surface area contributed by atoms with Crippen LogP contribution in [0.4, 0.5) is 0 Å². The molecule has 0 heterocycles. The molecule has 0 aliphatic heterocycles. The maximum atomic E-state index is 11.5. The zero-order valence-electron chi connectivity index (χ0n) is 8.81. The van der Waals surface area contributed by atoms with Crippen LogP contribution in [0.3, 0.4) is 0 Å². The Bertz CT molecular complexity index is 150. The molecule has 1 atom stereocenters. The van der Waals surface area contributed by atoms with E-state index in [1.54, 1.807) is 7.11 Å². The number of Topliss-reactive ketones (excluding diaryl/α,β-unsaturated/α-hetero) is 1. The van der Waals surface area contributed by atoms with Crippen LogP contribution in [-0.2, 0) is 9.53 Å². The number of carbonyl (C=O) groups excluding carboxylic acids is 1. The lowest BCUT2D eigenvalue weighted by Gasteiger charge is -2.22. The van der Waals surface area contributed by atoms with Crippen molar-refractivity contribution in [2.45, 2.75) is 46.1 Å². The molecule has 0 aliphatic carbocycles. The molecule has 0 saturated heterocycles. The monoisotopic (exact) mass is 172 g/mol. The molecule has 1 unspecified atom stereocenters. The predicted octanol–water partition coefficient (Wildman–Crippen LogP) is 2.42. The third-order valence-corrected chi connectivity index (χ3v) is 2.41. The van der Waals surface area contributed by atoms with Crippen molar-refractivity contribution in [2.75, 3.05) is 7.11 Å². The zero-order valence-corrected chi connectivity index (χ0v) is 8.81. The van der Waals surface area contributed by atoms with Gasteiger partial charge in [-0.1, -0.05) is 20.3 Å². The third-order valence-electron chi connectivity index (χ3n) is 2.41. The number of hydrogen-bond acceptors (Lipinski definition) is 2. The minimum Gasteiger partial charge on any atom is -0.371 e. The summed E-state index contributed by atoms with van der Waals surface area (Å²) in [6, 6.07) is 0. The second-order valence-corrected chi connectivity index (χ2v) is 3.86. The molecule has 2 heteroatoms. The van der Waals surface area contributed by atoms with E-state index in [1.807, 2.05) is 13.8 Å². The summed E-state index contributed by atoms with van der Waals surface area (Å²) >= 11 is 0. The van der Waals surface area contributed by atoms with E-state index in [4.69, 9.17) is 4.74 Å². The molecule has 0 saturated carbocycles. The maximum Gasteiger partial charge on any atom is 0.164 e. The van der Waals surface area contributed by atoms with Crippen LogP contribution in [0, 0.1) is 5.92 Å². The van der Waals surface area contributed by atoms with E-state index in [2.05, 4.69) is 13.8 Å². The van der Waals surface area contributed by atoms with Gasteiger partial charge in [0.25, 0.3) is 0 Å². The summed E-state index contributed by atoms with van der Waals surface area (Å²) in [5, 5.41) is 0. The van der Waals surface area contributed by atoms with Gasteiger partial charge < -0.3 is 4.74 Å². The number of carbonyl (C=O) groups is 1. The lowest BCUT2D eigenvalue weighted by atomic mass is 9.93. The van der Waals surface area contributed by atoms with Crippen molar-refractivity contribution >= 4 is 5.78 Å². The van der Waals surface area contributed by atoms with E-state index in [1.165, 1.54) is 0 Å². The molecule has 0 N–H and O–H groups in total. The van der Waals surface area contributed by atoms with Crippen molar-refractivity contribution in [2.24, 2.45) is 5.92 Å². The first-order chi connectivity index (χ1) is 5.44. The minimum atomic E-state index is -0.608. The van der Waals surface area contributed by atoms with Gasteiger partial charge in [0.15, 0.2) is 5.78 Å². The second kappa shape index (κ2) is 4.61. The Kier molecular flexibility index (Phi) is 4.46. The number of ketones is 1. The van der Waals surface area contributed by atoms with Crippen LogP contribution in [0.5, 0.6) is 0 Å². The van der Waals surface area contributed by atoms with Gasteiger partial charge in [0.05, 0.1) is 0 Å². The van der Waals surface area contributed by atoms with E-state index < -0.39 is 5.60 Å². The molecular formula is C10H20O2. The Morgan fingerprint density at radius 3 is 2.33 bits per heavy atom.